The summed E-state index contributed by atoms with van der Waals surface area (Å²) in [5, 5.41) is 3.31. The van der Waals surface area contributed by atoms with Crippen molar-refractivity contribution in [3.63, 3.8) is 0 Å². The van der Waals surface area contributed by atoms with E-state index in [0.717, 1.165) is 26.2 Å². The molecule has 1 aliphatic rings. The largest absolute Gasteiger partial charge is 0.383 e. The quantitative estimate of drug-likeness (QED) is 0.762. The number of carbonyl (C=O) groups is 1. The highest BCUT2D eigenvalue weighted by Crippen LogP contribution is 2.19. The summed E-state index contributed by atoms with van der Waals surface area (Å²) in [6.45, 7) is 10.3. The van der Waals surface area contributed by atoms with Gasteiger partial charge in [-0.3, -0.25) is 9.69 Å². The second-order valence-corrected chi connectivity index (χ2v) is 5.52. The lowest BCUT2D eigenvalue weighted by Crippen LogP contribution is -2.61. The highest BCUT2D eigenvalue weighted by atomic mass is 16.5. The van der Waals surface area contributed by atoms with Crippen LogP contribution in [0.2, 0.25) is 0 Å². The van der Waals surface area contributed by atoms with Crippen LogP contribution in [0.1, 0.15) is 20.8 Å². The fourth-order valence-corrected chi connectivity index (χ4v) is 2.34. The zero-order chi connectivity index (χ0) is 13.8. The van der Waals surface area contributed by atoms with Gasteiger partial charge in [0.1, 0.15) is 0 Å². The molecule has 1 unspecified atom stereocenters. The minimum Gasteiger partial charge on any atom is -0.383 e. The van der Waals surface area contributed by atoms with Crippen LogP contribution in [0.5, 0.6) is 0 Å². The van der Waals surface area contributed by atoms with Gasteiger partial charge >= 0.3 is 0 Å². The number of amides is 1. The third kappa shape index (κ3) is 3.43. The molecule has 106 valence electrons. The summed E-state index contributed by atoms with van der Waals surface area (Å²) in [7, 11) is 3.52. The molecule has 0 aromatic rings. The summed E-state index contributed by atoms with van der Waals surface area (Å²) in [5.74, 6) is 0.161. The topological polar surface area (TPSA) is 44.8 Å². The van der Waals surface area contributed by atoms with Crippen LogP contribution in [0, 0.1) is 0 Å². The summed E-state index contributed by atoms with van der Waals surface area (Å²) in [6.07, 6.45) is 0. The van der Waals surface area contributed by atoms with E-state index in [1.165, 1.54) is 0 Å². The zero-order valence-electron chi connectivity index (χ0n) is 12.3. The maximum Gasteiger partial charge on any atom is 0.242 e. The Balaban J connectivity index is 2.67. The van der Waals surface area contributed by atoms with E-state index in [2.05, 4.69) is 10.2 Å². The molecule has 1 rings (SSSR count). The highest BCUT2D eigenvalue weighted by Gasteiger charge is 2.38. The van der Waals surface area contributed by atoms with Crippen molar-refractivity contribution < 1.29 is 9.53 Å². The van der Waals surface area contributed by atoms with Crippen molar-refractivity contribution in [2.45, 2.75) is 32.4 Å². The molecule has 18 heavy (non-hydrogen) atoms. The van der Waals surface area contributed by atoms with E-state index >= 15 is 0 Å². The lowest BCUT2D eigenvalue weighted by atomic mass is 9.99. The molecule has 0 aromatic heterocycles. The van der Waals surface area contributed by atoms with Crippen molar-refractivity contribution in [2.24, 2.45) is 0 Å². The molecule has 1 aliphatic heterocycles. The summed E-state index contributed by atoms with van der Waals surface area (Å²) in [4.78, 5) is 16.6. The third-order valence-electron chi connectivity index (χ3n) is 3.82. The molecule has 0 spiro atoms. The number of nitrogens with one attached hydrogen (secondary N) is 1. The molecule has 1 fully saturated rings. The van der Waals surface area contributed by atoms with Gasteiger partial charge in [-0.2, -0.15) is 0 Å². The number of methoxy groups -OCH3 is 1. The molecule has 5 heteroatoms. The van der Waals surface area contributed by atoms with Crippen molar-refractivity contribution in [3.8, 4) is 0 Å². The smallest absolute Gasteiger partial charge is 0.242 e. The standard InChI is InChI=1S/C13H27N3O2/c1-11(10-18-5)15(4)12(17)13(2,3)16-8-6-14-7-9-16/h11,14H,6-10H2,1-5H3. The molecule has 1 N–H and O–H groups in total. The van der Waals surface area contributed by atoms with E-state index in [1.54, 1.807) is 12.0 Å². The van der Waals surface area contributed by atoms with Crippen LogP contribution in [0.15, 0.2) is 0 Å². The third-order valence-corrected chi connectivity index (χ3v) is 3.82. The van der Waals surface area contributed by atoms with Gasteiger partial charge < -0.3 is 15.0 Å². The monoisotopic (exact) mass is 257 g/mol. The molecule has 1 atom stereocenters. The van der Waals surface area contributed by atoms with Gasteiger partial charge in [0.2, 0.25) is 5.91 Å². The Morgan fingerprint density at radius 3 is 2.50 bits per heavy atom. The molecule has 0 aromatic carbocycles. The average molecular weight is 257 g/mol. The van der Waals surface area contributed by atoms with Crippen LogP contribution in [-0.4, -0.2) is 74.2 Å². The van der Waals surface area contributed by atoms with Gasteiger partial charge in [0.25, 0.3) is 0 Å². The number of hydrogen-bond donors (Lipinski definition) is 1. The van der Waals surface area contributed by atoms with Gasteiger partial charge in [0, 0.05) is 40.3 Å². The van der Waals surface area contributed by atoms with Crippen molar-refractivity contribution in [1.29, 1.82) is 0 Å². The van der Waals surface area contributed by atoms with Gasteiger partial charge in [0.15, 0.2) is 0 Å². The van der Waals surface area contributed by atoms with Crippen LogP contribution in [0.3, 0.4) is 0 Å². The van der Waals surface area contributed by atoms with Gasteiger partial charge in [-0.15, -0.1) is 0 Å². The molecular weight excluding hydrogens is 230 g/mol. The van der Waals surface area contributed by atoms with Gasteiger partial charge in [-0.25, -0.2) is 0 Å². The van der Waals surface area contributed by atoms with Crippen LogP contribution in [0.25, 0.3) is 0 Å². The first-order chi connectivity index (χ1) is 8.41. The predicted molar refractivity (Wildman–Crippen MR) is 72.6 cm³/mol. The second kappa shape index (κ2) is 6.50. The summed E-state index contributed by atoms with van der Waals surface area (Å²) >= 11 is 0. The van der Waals surface area contributed by atoms with Gasteiger partial charge in [-0.05, 0) is 20.8 Å². The Kier molecular flexibility index (Phi) is 5.56. The summed E-state index contributed by atoms with van der Waals surface area (Å²) in [5.41, 5.74) is -0.446. The second-order valence-electron chi connectivity index (χ2n) is 5.52. The van der Waals surface area contributed by atoms with E-state index in [4.69, 9.17) is 4.74 Å². The van der Waals surface area contributed by atoms with Crippen molar-refractivity contribution >= 4 is 5.91 Å². The lowest BCUT2D eigenvalue weighted by Gasteiger charge is -2.42. The SMILES string of the molecule is COCC(C)N(C)C(=O)C(C)(C)N1CCNCC1. The van der Waals surface area contributed by atoms with Crippen molar-refractivity contribution in [3.05, 3.63) is 0 Å². The fourth-order valence-electron chi connectivity index (χ4n) is 2.34. The molecule has 1 amide bonds. The Morgan fingerprint density at radius 2 is 2.00 bits per heavy atom. The number of hydrogen-bond acceptors (Lipinski definition) is 4. The first-order valence-electron chi connectivity index (χ1n) is 6.63. The average Bonchev–Trinajstić information content (AvgIpc) is 2.38. The van der Waals surface area contributed by atoms with E-state index in [1.807, 2.05) is 27.8 Å². The fraction of sp³-hybridized carbons (Fsp3) is 0.923. The molecule has 0 bridgehead atoms. The minimum atomic E-state index is -0.446. The molecule has 0 saturated carbocycles. The molecule has 0 aliphatic carbocycles. The summed E-state index contributed by atoms with van der Waals surface area (Å²) < 4.78 is 5.12. The number of rotatable bonds is 5. The Hall–Kier alpha value is -0.650. The molecule has 1 saturated heterocycles. The molecule has 5 nitrogen and oxygen atoms in total. The normalized spacial score (nSPS) is 19.6. The predicted octanol–water partition coefficient (Wildman–Crippen LogP) is 0.164. The van der Waals surface area contributed by atoms with Gasteiger partial charge in [-0.1, -0.05) is 0 Å². The Labute approximate surface area is 110 Å². The van der Waals surface area contributed by atoms with Crippen LogP contribution >= 0.6 is 0 Å². The molecular formula is C13H27N3O2. The van der Waals surface area contributed by atoms with E-state index in [9.17, 15) is 4.79 Å². The van der Waals surface area contributed by atoms with Crippen molar-refractivity contribution in [1.82, 2.24) is 15.1 Å². The van der Waals surface area contributed by atoms with Crippen LogP contribution in [0.4, 0.5) is 0 Å². The van der Waals surface area contributed by atoms with Gasteiger partial charge in [0.05, 0.1) is 18.2 Å². The highest BCUT2D eigenvalue weighted by molar-refractivity contribution is 5.85. The number of piperazine rings is 1. The first-order valence-corrected chi connectivity index (χ1v) is 6.63. The van der Waals surface area contributed by atoms with Crippen molar-refractivity contribution in [2.75, 3.05) is 46.9 Å². The Morgan fingerprint density at radius 1 is 1.44 bits per heavy atom. The first kappa shape index (κ1) is 15.4. The van der Waals surface area contributed by atoms with E-state index in [0.29, 0.717) is 6.61 Å². The maximum absolute atomic E-state index is 12.6. The molecule has 0 radical (unpaired) electrons. The zero-order valence-corrected chi connectivity index (χ0v) is 12.3. The number of likely N-dealkylation sites (N-methyl/N-ethyl adjacent to an activating group) is 1. The van der Waals surface area contributed by atoms with Crippen LogP contribution < -0.4 is 5.32 Å². The Bertz CT molecular complexity index is 275. The van der Waals surface area contributed by atoms with E-state index in [-0.39, 0.29) is 11.9 Å². The minimum absolute atomic E-state index is 0.102. The number of nitrogens with zero attached hydrogens (tertiary/aromatic N) is 2. The summed E-state index contributed by atoms with van der Waals surface area (Å²) in [6, 6.07) is 0.102. The lowest BCUT2D eigenvalue weighted by molar-refractivity contribution is -0.144. The maximum atomic E-state index is 12.6. The number of carbonyl (C=O) groups excluding carboxylic acids is 1. The molecule has 1 heterocycles. The van der Waals surface area contributed by atoms with Crippen LogP contribution in [-0.2, 0) is 9.53 Å². The van der Waals surface area contributed by atoms with E-state index < -0.39 is 5.54 Å². The number of ether oxygens (including phenoxy) is 1.